The molecule has 3 rings (SSSR count). The number of amides is 1. The summed E-state index contributed by atoms with van der Waals surface area (Å²) in [6, 6.07) is 0.499. The number of hydrogen-bond acceptors (Lipinski definition) is 7. The predicted molar refractivity (Wildman–Crippen MR) is 86.1 cm³/mol. The quantitative estimate of drug-likeness (QED) is 0.756. The molecule has 2 heterocycles. The first kappa shape index (κ1) is 14.3. The minimum Gasteiger partial charge on any atom is -0.382 e. The zero-order valence-electron chi connectivity index (χ0n) is 11.7. The summed E-state index contributed by atoms with van der Waals surface area (Å²) in [5.74, 6) is 0.131. The Balaban J connectivity index is 1.53. The number of aromatic nitrogens is 2. The van der Waals surface area contributed by atoms with Gasteiger partial charge in [0, 0.05) is 24.4 Å². The Bertz CT molecular complexity index is 647. The largest absolute Gasteiger partial charge is 0.382 e. The van der Waals surface area contributed by atoms with Crippen molar-refractivity contribution in [2.24, 2.45) is 0 Å². The van der Waals surface area contributed by atoms with Crippen LogP contribution in [0, 0.1) is 6.92 Å². The van der Waals surface area contributed by atoms with E-state index in [1.165, 1.54) is 11.3 Å². The SMILES string of the molecule is Cc1nc(CCNC(=O)c2sc(NC3CC3)nc2N)cs1. The number of nitrogen functional groups attached to an aromatic ring is 1. The average molecular weight is 323 g/mol. The summed E-state index contributed by atoms with van der Waals surface area (Å²) >= 11 is 2.93. The molecule has 1 saturated carbocycles. The summed E-state index contributed by atoms with van der Waals surface area (Å²) in [5.41, 5.74) is 6.82. The van der Waals surface area contributed by atoms with Gasteiger partial charge in [-0.25, -0.2) is 9.97 Å². The maximum atomic E-state index is 12.1. The van der Waals surface area contributed by atoms with Crippen LogP contribution in [-0.4, -0.2) is 28.5 Å². The molecule has 1 aliphatic rings. The summed E-state index contributed by atoms with van der Waals surface area (Å²) in [5, 5.41) is 9.91. The van der Waals surface area contributed by atoms with Crippen molar-refractivity contribution in [1.82, 2.24) is 15.3 Å². The number of thiazole rings is 2. The summed E-state index contributed by atoms with van der Waals surface area (Å²) in [6.45, 7) is 2.52. The molecule has 2 aromatic rings. The lowest BCUT2D eigenvalue weighted by Gasteiger charge is -2.02. The van der Waals surface area contributed by atoms with E-state index >= 15 is 0 Å². The Morgan fingerprint density at radius 3 is 2.95 bits per heavy atom. The van der Waals surface area contributed by atoms with Crippen LogP contribution in [0.4, 0.5) is 10.9 Å². The molecule has 0 spiro atoms. The van der Waals surface area contributed by atoms with E-state index in [4.69, 9.17) is 5.73 Å². The van der Waals surface area contributed by atoms with Gasteiger partial charge in [-0.3, -0.25) is 4.79 Å². The minimum atomic E-state index is -0.166. The summed E-state index contributed by atoms with van der Waals surface area (Å²) in [6.07, 6.45) is 3.05. The highest BCUT2D eigenvalue weighted by Gasteiger charge is 2.24. The lowest BCUT2D eigenvalue weighted by molar-refractivity contribution is 0.0959. The number of carbonyl (C=O) groups is 1. The number of anilines is 2. The smallest absolute Gasteiger partial charge is 0.265 e. The Hall–Kier alpha value is -1.67. The first-order valence-electron chi connectivity index (χ1n) is 6.84. The second kappa shape index (κ2) is 5.98. The molecule has 8 heteroatoms. The van der Waals surface area contributed by atoms with Crippen LogP contribution in [-0.2, 0) is 6.42 Å². The Labute approximate surface area is 130 Å². The van der Waals surface area contributed by atoms with Crippen LogP contribution in [0.2, 0.25) is 0 Å². The van der Waals surface area contributed by atoms with Gasteiger partial charge in [-0.1, -0.05) is 11.3 Å². The molecule has 6 nitrogen and oxygen atoms in total. The number of hydrogen-bond donors (Lipinski definition) is 3. The molecule has 1 aliphatic carbocycles. The van der Waals surface area contributed by atoms with Gasteiger partial charge < -0.3 is 16.4 Å². The number of carbonyl (C=O) groups excluding carboxylic acids is 1. The topological polar surface area (TPSA) is 92.9 Å². The molecule has 0 atom stereocenters. The standard InChI is InChI=1S/C13H17N5OS2/c1-7-16-9(6-20-7)4-5-15-12(19)10-11(14)18-13(21-10)17-8-2-3-8/h6,8H,2-5,14H2,1H3,(H,15,19)(H,17,18). The van der Waals surface area contributed by atoms with Crippen LogP contribution in [0.15, 0.2) is 5.38 Å². The molecule has 0 aromatic carbocycles. The molecule has 112 valence electrons. The molecule has 4 N–H and O–H groups in total. The number of nitrogens with zero attached hydrogens (tertiary/aromatic N) is 2. The molecule has 0 aliphatic heterocycles. The van der Waals surface area contributed by atoms with E-state index in [1.807, 2.05) is 12.3 Å². The van der Waals surface area contributed by atoms with Crippen LogP contribution in [0.25, 0.3) is 0 Å². The number of nitrogens with one attached hydrogen (secondary N) is 2. The average Bonchev–Trinajstić information content (AvgIpc) is 3.03. The molecular formula is C13H17N5OS2. The first-order valence-corrected chi connectivity index (χ1v) is 8.53. The summed E-state index contributed by atoms with van der Waals surface area (Å²) in [4.78, 5) is 21.1. The lowest BCUT2D eigenvalue weighted by Crippen LogP contribution is -2.25. The monoisotopic (exact) mass is 323 g/mol. The normalized spacial score (nSPS) is 14.1. The van der Waals surface area contributed by atoms with E-state index in [-0.39, 0.29) is 5.91 Å². The van der Waals surface area contributed by atoms with Gasteiger partial charge in [0.15, 0.2) is 5.13 Å². The van der Waals surface area contributed by atoms with E-state index < -0.39 is 0 Å². The van der Waals surface area contributed by atoms with Gasteiger partial charge in [-0.15, -0.1) is 11.3 Å². The van der Waals surface area contributed by atoms with Crippen molar-refractivity contribution >= 4 is 39.5 Å². The van der Waals surface area contributed by atoms with Gasteiger partial charge in [0.1, 0.15) is 10.7 Å². The second-order valence-corrected chi connectivity index (χ2v) is 7.08. The third-order valence-electron chi connectivity index (χ3n) is 3.10. The third kappa shape index (κ3) is 3.70. The fourth-order valence-electron chi connectivity index (χ4n) is 1.87. The molecule has 0 bridgehead atoms. The van der Waals surface area contributed by atoms with Gasteiger partial charge in [-0.05, 0) is 19.8 Å². The van der Waals surface area contributed by atoms with Crippen LogP contribution in [0.1, 0.15) is 33.2 Å². The van der Waals surface area contributed by atoms with Crippen LogP contribution < -0.4 is 16.4 Å². The predicted octanol–water partition coefficient (Wildman–Crippen LogP) is 2.04. The molecule has 1 fully saturated rings. The van der Waals surface area contributed by atoms with E-state index in [9.17, 15) is 4.79 Å². The molecule has 2 aromatic heterocycles. The van der Waals surface area contributed by atoms with Crippen LogP contribution in [0.5, 0.6) is 0 Å². The van der Waals surface area contributed by atoms with Crippen molar-refractivity contribution in [3.63, 3.8) is 0 Å². The van der Waals surface area contributed by atoms with Crippen LogP contribution in [0.3, 0.4) is 0 Å². The maximum absolute atomic E-state index is 12.1. The molecule has 21 heavy (non-hydrogen) atoms. The molecule has 0 unspecified atom stereocenters. The summed E-state index contributed by atoms with van der Waals surface area (Å²) in [7, 11) is 0. The zero-order valence-corrected chi connectivity index (χ0v) is 13.3. The highest BCUT2D eigenvalue weighted by molar-refractivity contribution is 7.18. The fraction of sp³-hybridized carbons (Fsp3) is 0.462. The lowest BCUT2D eigenvalue weighted by atomic mass is 10.3. The van der Waals surface area contributed by atoms with E-state index in [0.29, 0.717) is 23.3 Å². The Morgan fingerprint density at radius 1 is 1.48 bits per heavy atom. The highest BCUT2D eigenvalue weighted by Crippen LogP contribution is 2.30. The first-order chi connectivity index (χ1) is 10.1. The Morgan fingerprint density at radius 2 is 2.29 bits per heavy atom. The van der Waals surface area contributed by atoms with Gasteiger partial charge in [0.2, 0.25) is 0 Å². The number of rotatable bonds is 6. The van der Waals surface area contributed by atoms with Gasteiger partial charge >= 0.3 is 0 Å². The van der Waals surface area contributed by atoms with E-state index in [1.54, 1.807) is 11.3 Å². The van der Waals surface area contributed by atoms with Crippen molar-refractivity contribution in [1.29, 1.82) is 0 Å². The maximum Gasteiger partial charge on any atom is 0.265 e. The third-order valence-corrected chi connectivity index (χ3v) is 4.92. The zero-order chi connectivity index (χ0) is 14.8. The number of nitrogens with two attached hydrogens (primary N) is 1. The highest BCUT2D eigenvalue weighted by atomic mass is 32.1. The van der Waals surface area contributed by atoms with Crippen molar-refractivity contribution in [3.8, 4) is 0 Å². The van der Waals surface area contributed by atoms with Gasteiger partial charge in [-0.2, -0.15) is 0 Å². The molecule has 0 saturated heterocycles. The van der Waals surface area contributed by atoms with Crippen molar-refractivity contribution in [2.45, 2.75) is 32.2 Å². The van der Waals surface area contributed by atoms with E-state index in [2.05, 4.69) is 20.6 Å². The van der Waals surface area contributed by atoms with Gasteiger partial charge in [0.25, 0.3) is 5.91 Å². The fourth-order valence-corrected chi connectivity index (χ4v) is 3.39. The minimum absolute atomic E-state index is 0.166. The van der Waals surface area contributed by atoms with Crippen molar-refractivity contribution in [3.05, 3.63) is 21.0 Å². The Kier molecular flexibility index (Phi) is 4.07. The van der Waals surface area contributed by atoms with Crippen molar-refractivity contribution in [2.75, 3.05) is 17.6 Å². The molecular weight excluding hydrogens is 306 g/mol. The van der Waals surface area contributed by atoms with Crippen molar-refractivity contribution < 1.29 is 4.79 Å². The van der Waals surface area contributed by atoms with Gasteiger partial charge in [0.05, 0.1) is 10.7 Å². The number of aryl methyl sites for hydroxylation is 1. The second-order valence-electron chi connectivity index (χ2n) is 5.02. The molecule has 0 radical (unpaired) electrons. The summed E-state index contributed by atoms with van der Waals surface area (Å²) < 4.78 is 0. The van der Waals surface area contributed by atoms with Crippen LogP contribution >= 0.6 is 22.7 Å². The van der Waals surface area contributed by atoms with E-state index in [0.717, 1.165) is 35.1 Å². The molecule has 1 amide bonds.